The average Bonchev–Trinajstić information content (AvgIpc) is 2.87. The average molecular weight is 225 g/mol. The molecule has 2 N–H and O–H groups in total. The molecule has 0 aliphatic carbocycles. The Morgan fingerprint density at radius 2 is 1.82 bits per heavy atom. The van der Waals surface area contributed by atoms with Crippen molar-refractivity contribution in [2.75, 3.05) is 0 Å². The SMILES string of the molecule is NCc1ccc(-c2cccc3nonc23)cc1. The summed E-state index contributed by atoms with van der Waals surface area (Å²) in [4.78, 5) is 0. The van der Waals surface area contributed by atoms with E-state index in [9.17, 15) is 0 Å². The molecule has 0 bridgehead atoms. The van der Waals surface area contributed by atoms with Crippen LogP contribution in [0.2, 0.25) is 0 Å². The monoisotopic (exact) mass is 225 g/mol. The van der Waals surface area contributed by atoms with Gasteiger partial charge in [0.1, 0.15) is 11.0 Å². The van der Waals surface area contributed by atoms with E-state index in [2.05, 4.69) is 10.3 Å². The molecule has 4 nitrogen and oxygen atoms in total. The zero-order valence-corrected chi connectivity index (χ0v) is 9.13. The van der Waals surface area contributed by atoms with Gasteiger partial charge >= 0.3 is 0 Å². The van der Waals surface area contributed by atoms with Gasteiger partial charge in [-0.25, -0.2) is 4.63 Å². The summed E-state index contributed by atoms with van der Waals surface area (Å²) in [6.45, 7) is 0.552. The Kier molecular flexibility index (Phi) is 2.34. The molecule has 0 radical (unpaired) electrons. The standard InChI is InChI=1S/C13H11N3O/c14-8-9-4-6-10(7-5-9)11-2-1-3-12-13(11)16-17-15-12/h1-7H,8,14H2. The van der Waals surface area contributed by atoms with Crippen molar-refractivity contribution >= 4 is 11.0 Å². The summed E-state index contributed by atoms with van der Waals surface area (Å²) in [6.07, 6.45) is 0. The fourth-order valence-electron chi connectivity index (χ4n) is 1.86. The summed E-state index contributed by atoms with van der Waals surface area (Å²) in [5, 5.41) is 7.76. The Bertz CT molecular complexity index is 643. The number of nitrogens with two attached hydrogens (primary N) is 1. The second kappa shape index (κ2) is 3.99. The fourth-order valence-corrected chi connectivity index (χ4v) is 1.86. The van der Waals surface area contributed by atoms with Gasteiger partial charge in [0.15, 0.2) is 0 Å². The predicted octanol–water partition coefficient (Wildman–Crippen LogP) is 2.35. The smallest absolute Gasteiger partial charge is 0.143 e. The van der Waals surface area contributed by atoms with Crippen LogP contribution >= 0.6 is 0 Å². The van der Waals surface area contributed by atoms with Gasteiger partial charge in [0.25, 0.3) is 0 Å². The lowest BCUT2D eigenvalue weighted by Gasteiger charge is -2.02. The second-order valence-corrected chi connectivity index (χ2v) is 3.84. The van der Waals surface area contributed by atoms with Crippen molar-refractivity contribution in [2.45, 2.75) is 6.54 Å². The van der Waals surface area contributed by atoms with Gasteiger partial charge in [0.2, 0.25) is 0 Å². The van der Waals surface area contributed by atoms with E-state index in [4.69, 9.17) is 10.4 Å². The molecule has 0 saturated heterocycles. The van der Waals surface area contributed by atoms with Crippen molar-refractivity contribution < 1.29 is 4.63 Å². The zero-order chi connectivity index (χ0) is 11.7. The summed E-state index contributed by atoms with van der Waals surface area (Å²) in [5.41, 5.74) is 10.3. The predicted molar refractivity (Wildman–Crippen MR) is 65.1 cm³/mol. The van der Waals surface area contributed by atoms with E-state index in [0.29, 0.717) is 6.54 Å². The van der Waals surface area contributed by atoms with Crippen molar-refractivity contribution in [3.63, 3.8) is 0 Å². The first kappa shape index (κ1) is 9.99. The maximum Gasteiger partial charge on any atom is 0.143 e. The molecule has 2 aromatic carbocycles. The minimum absolute atomic E-state index is 0.552. The Morgan fingerprint density at radius 3 is 2.59 bits per heavy atom. The summed E-state index contributed by atoms with van der Waals surface area (Å²) in [6, 6.07) is 13.9. The molecule has 0 unspecified atom stereocenters. The van der Waals surface area contributed by atoms with Crippen molar-refractivity contribution in [1.82, 2.24) is 10.3 Å². The normalized spacial score (nSPS) is 10.9. The molecular formula is C13H11N3O. The zero-order valence-electron chi connectivity index (χ0n) is 9.13. The number of aromatic nitrogens is 2. The molecule has 17 heavy (non-hydrogen) atoms. The Hall–Kier alpha value is -2.20. The van der Waals surface area contributed by atoms with E-state index < -0.39 is 0 Å². The Balaban J connectivity index is 2.16. The first-order valence-corrected chi connectivity index (χ1v) is 5.39. The first-order chi connectivity index (χ1) is 8.38. The van der Waals surface area contributed by atoms with Crippen molar-refractivity contribution in [3.05, 3.63) is 48.0 Å². The van der Waals surface area contributed by atoms with Gasteiger partial charge in [-0.3, -0.25) is 0 Å². The van der Waals surface area contributed by atoms with Gasteiger partial charge in [-0.05, 0) is 27.5 Å². The summed E-state index contributed by atoms with van der Waals surface area (Å²) >= 11 is 0. The number of hydrogen-bond donors (Lipinski definition) is 1. The minimum Gasteiger partial charge on any atom is -0.326 e. The molecule has 3 rings (SSSR count). The molecule has 4 heteroatoms. The van der Waals surface area contributed by atoms with Crippen molar-refractivity contribution in [3.8, 4) is 11.1 Å². The summed E-state index contributed by atoms with van der Waals surface area (Å²) in [5.74, 6) is 0. The largest absolute Gasteiger partial charge is 0.326 e. The van der Waals surface area contributed by atoms with E-state index in [1.807, 2.05) is 42.5 Å². The highest BCUT2D eigenvalue weighted by molar-refractivity contribution is 5.90. The molecule has 1 heterocycles. The third-order valence-electron chi connectivity index (χ3n) is 2.79. The van der Waals surface area contributed by atoms with E-state index in [-0.39, 0.29) is 0 Å². The lowest BCUT2D eigenvalue weighted by atomic mass is 10.0. The van der Waals surface area contributed by atoms with Crippen LogP contribution in [-0.4, -0.2) is 10.3 Å². The molecule has 0 atom stereocenters. The lowest BCUT2D eigenvalue weighted by Crippen LogP contribution is -1.95. The Labute approximate surface area is 98.0 Å². The van der Waals surface area contributed by atoms with Crippen LogP contribution in [0.4, 0.5) is 0 Å². The topological polar surface area (TPSA) is 64.9 Å². The molecule has 0 amide bonds. The molecule has 0 spiro atoms. The molecular weight excluding hydrogens is 214 g/mol. The number of hydrogen-bond acceptors (Lipinski definition) is 4. The minimum atomic E-state index is 0.552. The van der Waals surface area contributed by atoms with E-state index >= 15 is 0 Å². The number of fused-ring (bicyclic) bond motifs is 1. The highest BCUT2D eigenvalue weighted by Crippen LogP contribution is 2.26. The maximum absolute atomic E-state index is 5.58. The molecule has 0 saturated carbocycles. The summed E-state index contributed by atoms with van der Waals surface area (Å²) < 4.78 is 4.75. The molecule has 0 aliphatic rings. The third-order valence-corrected chi connectivity index (χ3v) is 2.79. The van der Waals surface area contributed by atoms with E-state index in [0.717, 1.165) is 27.7 Å². The van der Waals surface area contributed by atoms with Gasteiger partial charge in [-0.2, -0.15) is 0 Å². The second-order valence-electron chi connectivity index (χ2n) is 3.84. The number of rotatable bonds is 2. The van der Waals surface area contributed by atoms with Crippen molar-refractivity contribution in [1.29, 1.82) is 0 Å². The van der Waals surface area contributed by atoms with Gasteiger partial charge in [0.05, 0.1) is 0 Å². The van der Waals surface area contributed by atoms with Crippen molar-refractivity contribution in [2.24, 2.45) is 5.73 Å². The van der Waals surface area contributed by atoms with Crippen LogP contribution in [0, 0.1) is 0 Å². The van der Waals surface area contributed by atoms with Gasteiger partial charge in [-0.1, -0.05) is 36.4 Å². The summed E-state index contributed by atoms with van der Waals surface area (Å²) in [7, 11) is 0. The number of nitrogens with zero attached hydrogens (tertiary/aromatic N) is 2. The van der Waals surface area contributed by atoms with Crippen LogP contribution in [0.15, 0.2) is 47.1 Å². The molecule has 1 aromatic heterocycles. The molecule has 0 aliphatic heterocycles. The fraction of sp³-hybridized carbons (Fsp3) is 0.0769. The first-order valence-electron chi connectivity index (χ1n) is 5.39. The van der Waals surface area contributed by atoms with Gasteiger partial charge < -0.3 is 5.73 Å². The molecule has 84 valence electrons. The highest BCUT2D eigenvalue weighted by Gasteiger charge is 2.07. The Morgan fingerprint density at radius 1 is 1.00 bits per heavy atom. The molecule has 0 fully saturated rings. The van der Waals surface area contributed by atoms with Gasteiger partial charge in [-0.15, -0.1) is 0 Å². The van der Waals surface area contributed by atoms with E-state index in [1.165, 1.54) is 0 Å². The molecule has 3 aromatic rings. The number of benzene rings is 2. The van der Waals surface area contributed by atoms with Crippen LogP contribution in [0.3, 0.4) is 0 Å². The van der Waals surface area contributed by atoms with E-state index in [1.54, 1.807) is 0 Å². The third kappa shape index (κ3) is 1.68. The maximum atomic E-state index is 5.58. The quantitative estimate of drug-likeness (QED) is 0.727. The van der Waals surface area contributed by atoms with Crippen LogP contribution in [0.1, 0.15) is 5.56 Å². The van der Waals surface area contributed by atoms with Gasteiger partial charge in [0, 0.05) is 12.1 Å². The van der Waals surface area contributed by atoms with Crippen LogP contribution in [-0.2, 0) is 6.54 Å². The highest BCUT2D eigenvalue weighted by atomic mass is 16.6. The van der Waals surface area contributed by atoms with Crippen LogP contribution in [0.5, 0.6) is 0 Å². The van der Waals surface area contributed by atoms with Crippen LogP contribution in [0.25, 0.3) is 22.2 Å². The lowest BCUT2D eigenvalue weighted by molar-refractivity contribution is 0.315. The van der Waals surface area contributed by atoms with Crippen LogP contribution < -0.4 is 5.73 Å².